The summed E-state index contributed by atoms with van der Waals surface area (Å²) in [5.41, 5.74) is -0.368. The van der Waals surface area contributed by atoms with Crippen molar-refractivity contribution >= 4 is 23.2 Å². The first kappa shape index (κ1) is 15.7. The molecule has 0 aliphatic carbocycles. The summed E-state index contributed by atoms with van der Waals surface area (Å²) in [7, 11) is 0. The van der Waals surface area contributed by atoms with E-state index in [0.29, 0.717) is 6.54 Å². The molecule has 0 spiro atoms. The number of piperidine rings is 1. The Morgan fingerprint density at radius 1 is 1.57 bits per heavy atom. The highest BCUT2D eigenvalue weighted by atomic mass is 35.5. The highest BCUT2D eigenvalue weighted by Gasteiger charge is 2.32. The Kier molecular flexibility index (Phi) is 5.12. The Labute approximate surface area is 128 Å². The molecule has 0 radical (unpaired) electrons. The molecule has 1 aromatic heterocycles. The van der Waals surface area contributed by atoms with Crippen LogP contribution in [0.1, 0.15) is 49.4 Å². The number of carbonyl (C=O) groups excluding carboxylic acids is 1. The van der Waals surface area contributed by atoms with E-state index in [1.54, 1.807) is 4.90 Å². The Hall–Kier alpha value is -1.69. The summed E-state index contributed by atoms with van der Waals surface area (Å²) in [4.78, 5) is 28.7. The van der Waals surface area contributed by atoms with E-state index in [0.717, 1.165) is 32.1 Å². The monoisotopic (exact) mass is 311 g/mol. The Morgan fingerprint density at radius 3 is 3.00 bits per heavy atom. The van der Waals surface area contributed by atoms with Crippen molar-refractivity contribution < 1.29 is 9.72 Å². The minimum Gasteiger partial charge on any atom is -0.335 e. The van der Waals surface area contributed by atoms with Crippen molar-refractivity contribution in [2.75, 3.05) is 6.54 Å². The van der Waals surface area contributed by atoms with E-state index in [1.807, 2.05) is 0 Å². The zero-order chi connectivity index (χ0) is 15.4. The first-order chi connectivity index (χ1) is 10.1. The van der Waals surface area contributed by atoms with Crippen molar-refractivity contribution in [3.8, 4) is 0 Å². The summed E-state index contributed by atoms with van der Waals surface area (Å²) in [6, 6.07) is 1.53. The van der Waals surface area contributed by atoms with E-state index in [1.165, 1.54) is 12.3 Å². The van der Waals surface area contributed by atoms with E-state index in [9.17, 15) is 14.9 Å². The van der Waals surface area contributed by atoms with E-state index in [2.05, 4.69) is 11.9 Å². The molecule has 21 heavy (non-hydrogen) atoms. The molecule has 6 nitrogen and oxygen atoms in total. The Morgan fingerprint density at radius 2 is 2.33 bits per heavy atom. The van der Waals surface area contributed by atoms with Gasteiger partial charge in [-0.2, -0.15) is 0 Å². The van der Waals surface area contributed by atoms with Crippen LogP contribution in [0, 0.1) is 10.1 Å². The molecular formula is C14H18ClN3O3. The predicted octanol–water partition coefficient (Wildman–Crippen LogP) is 3.44. The fourth-order valence-electron chi connectivity index (χ4n) is 2.83. The molecule has 114 valence electrons. The molecule has 0 saturated carbocycles. The van der Waals surface area contributed by atoms with E-state index in [4.69, 9.17) is 11.6 Å². The number of pyridine rings is 1. The van der Waals surface area contributed by atoms with Gasteiger partial charge >= 0.3 is 5.69 Å². The van der Waals surface area contributed by atoms with E-state index < -0.39 is 10.6 Å². The summed E-state index contributed by atoms with van der Waals surface area (Å²) >= 11 is 5.78. The maximum atomic E-state index is 12.7. The zero-order valence-electron chi connectivity index (χ0n) is 11.9. The predicted molar refractivity (Wildman–Crippen MR) is 79.5 cm³/mol. The Balaban J connectivity index is 2.34. The van der Waals surface area contributed by atoms with Crippen molar-refractivity contribution in [1.29, 1.82) is 0 Å². The van der Waals surface area contributed by atoms with Gasteiger partial charge in [0.05, 0.1) is 4.92 Å². The molecule has 0 aromatic carbocycles. The van der Waals surface area contributed by atoms with Gasteiger partial charge in [0.1, 0.15) is 5.56 Å². The molecule has 2 rings (SSSR count). The number of rotatable bonds is 4. The lowest BCUT2D eigenvalue weighted by atomic mass is 9.97. The topological polar surface area (TPSA) is 76.3 Å². The van der Waals surface area contributed by atoms with E-state index in [-0.39, 0.29) is 22.7 Å². The minimum atomic E-state index is -0.638. The molecule has 2 heterocycles. The molecule has 7 heteroatoms. The highest BCUT2D eigenvalue weighted by molar-refractivity contribution is 6.32. The summed E-state index contributed by atoms with van der Waals surface area (Å²) in [5, 5.41) is 10.9. The summed E-state index contributed by atoms with van der Waals surface area (Å²) in [6.45, 7) is 2.71. The molecule has 0 N–H and O–H groups in total. The summed E-state index contributed by atoms with van der Waals surface area (Å²) in [6.07, 6.45) is 6.20. The van der Waals surface area contributed by atoms with Gasteiger partial charge in [0.2, 0.25) is 5.15 Å². The lowest BCUT2D eigenvalue weighted by Gasteiger charge is -2.35. The zero-order valence-corrected chi connectivity index (χ0v) is 12.7. The minimum absolute atomic E-state index is 0.0306. The molecule has 1 amide bonds. The number of halogens is 1. The first-order valence-corrected chi connectivity index (χ1v) is 7.54. The van der Waals surface area contributed by atoms with E-state index >= 15 is 0 Å². The number of carbonyl (C=O) groups is 1. The van der Waals surface area contributed by atoms with Gasteiger partial charge in [-0.25, -0.2) is 4.98 Å². The molecular weight excluding hydrogens is 294 g/mol. The number of nitro groups is 1. The molecule has 1 fully saturated rings. The van der Waals surface area contributed by atoms with Crippen molar-refractivity contribution in [1.82, 2.24) is 9.88 Å². The van der Waals surface area contributed by atoms with Gasteiger partial charge < -0.3 is 4.90 Å². The third-order valence-electron chi connectivity index (χ3n) is 3.80. The lowest BCUT2D eigenvalue weighted by Crippen LogP contribution is -2.43. The molecule has 1 saturated heterocycles. The SMILES string of the molecule is CCCC1CCCCN1C(=O)c1ccnc(Cl)c1[N+](=O)[O-]. The molecule has 1 aliphatic rings. The third kappa shape index (κ3) is 3.32. The standard InChI is InChI=1S/C14H18ClN3O3/c1-2-5-10-6-3-4-9-17(10)14(19)11-7-8-16-13(15)12(11)18(20)21/h7-8,10H,2-6,9H2,1H3. The molecule has 1 aromatic rings. The molecule has 0 bridgehead atoms. The number of hydrogen-bond donors (Lipinski definition) is 0. The van der Waals surface area contributed by atoms with Gasteiger partial charge in [-0.05, 0) is 31.7 Å². The van der Waals surface area contributed by atoms with Crippen LogP contribution in [0.2, 0.25) is 5.15 Å². The maximum Gasteiger partial charge on any atom is 0.319 e. The van der Waals surface area contributed by atoms with Crippen LogP contribution in [-0.4, -0.2) is 33.3 Å². The second kappa shape index (κ2) is 6.85. The number of aromatic nitrogens is 1. The van der Waals surface area contributed by atoms with Crippen molar-refractivity contribution in [3.05, 3.63) is 33.1 Å². The maximum absolute atomic E-state index is 12.7. The van der Waals surface area contributed by atoms with Crippen LogP contribution < -0.4 is 0 Å². The summed E-state index contributed by atoms with van der Waals surface area (Å²) < 4.78 is 0. The van der Waals surface area contributed by atoms with Gasteiger partial charge in [0.15, 0.2) is 0 Å². The van der Waals surface area contributed by atoms with Gasteiger partial charge in [-0.15, -0.1) is 0 Å². The molecule has 1 aliphatic heterocycles. The second-order valence-corrected chi connectivity index (χ2v) is 5.55. The second-order valence-electron chi connectivity index (χ2n) is 5.19. The van der Waals surface area contributed by atoms with Crippen LogP contribution >= 0.6 is 11.6 Å². The van der Waals surface area contributed by atoms with Crippen molar-refractivity contribution in [2.45, 2.75) is 45.1 Å². The highest BCUT2D eigenvalue weighted by Crippen LogP contribution is 2.30. The average molecular weight is 312 g/mol. The molecule has 1 unspecified atom stereocenters. The third-order valence-corrected chi connectivity index (χ3v) is 4.08. The molecule has 1 atom stereocenters. The quantitative estimate of drug-likeness (QED) is 0.485. The Bertz CT molecular complexity index is 548. The number of amides is 1. The fourth-order valence-corrected chi connectivity index (χ4v) is 3.06. The number of hydrogen-bond acceptors (Lipinski definition) is 4. The van der Waals surface area contributed by atoms with Crippen LogP contribution in [-0.2, 0) is 0 Å². The largest absolute Gasteiger partial charge is 0.335 e. The van der Waals surface area contributed by atoms with Crippen LogP contribution in [0.25, 0.3) is 0 Å². The smallest absolute Gasteiger partial charge is 0.319 e. The van der Waals surface area contributed by atoms with Gasteiger partial charge in [0, 0.05) is 18.8 Å². The number of likely N-dealkylation sites (tertiary alicyclic amines) is 1. The average Bonchev–Trinajstić information content (AvgIpc) is 2.47. The van der Waals surface area contributed by atoms with Gasteiger partial charge in [0.25, 0.3) is 5.91 Å². The van der Waals surface area contributed by atoms with Crippen molar-refractivity contribution in [3.63, 3.8) is 0 Å². The summed E-state index contributed by atoms with van der Waals surface area (Å²) in [5.74, 6) is -0.316. The van der Waals surface area contributed by atoms with Crippen LogP contribution in [0.5, 0.6) is 0 Å². The van der Waals surface area contributed by atoms with Crippen LogP contribution in [0.15, 0.2) is 12.3 Å². The van der Waals surface area contributed by atoms with Crippen LogP contribution in [0.4, 0.5) is 5.69 Å². The van der Waals surface area contributed by atoms with Gasteiger partial charge in [-0.1, -0.05) is 24.9 Å². The van der Waals surface area contributed by atoms with Gasteiger partial charge in [-0.3, -0.25) is 14.9 Å². The van der Waals surface area contributed by atoms with Crippen molar-refractivity contribution in [2.24, 2.45) is 0 Å². The normalized spacial score (nSPS) is 18.6. The van der Waals surface area contributed by atoms with Crippen LogP contribution in [0.3, 0.4) is 0 Å². The first-order valence-electron chi connectivity index (χ1n) is 7.16. The lowest BCUT2D eigenvalue weighted by molar-refractivity contribution is -0.385. The fraction of sp³-hybridized carbons (Fsp3) is 0.571. The number of nitrogens with zero attached hydrogens (tertiary/aromatic N) is 3.